The fraction of sp³-hybridized carbons (Fsp3) is 0.148. The molecule has 182 valence electrons. The minimum absolute atomic E-state index is 0.0410. The molecule has 1 saturated carbocycles. The van der Waals surface area contributed by atoms with Crippen molar-refractivity contribution in [2.24, 2.45) is 0 Å². The second kappa shape index (κ2) is 9.33. The maximum absolute atomic E-state index is 13.2. The summed E-state index contributed by atoms with van der Waals surface area (Å²) in [5, 5.41) is 9.86. The van der Waals surface area contributed by atoms with Gasteiger partial charge in [0.1, 0.15) is 0 Å². The Morgan fingerprint density at radius 1 is 0.833 bits per heavy atom. The topological polar surface area (TPSA) is 76.0 Å². The monoisotopic (exact) mass is 490 g/mol. The Bertz CT molecular complexity index is 1430. The molecule has 1 aromatic heterocycles. The lowest BCUT2D eigenvalue weighted by Gasteiger charge is -2.12. The highest BCUT2D eigenvalue weighted by Crippen LogP contribution is 2.43. The zero-order valence-electron chi connectivity index (χ0n) is 18.9. The molecule has 0 aliphatic heterocycles. The van der Waals surface area contributed by atoms with E-state index in [4.69, 9.17) is 0 Å². The molecule has 6 nitrogen and oxygen atoms in total. The van der Waals surface area contributed by atoms with E-state index in [1.807, 2.05) is 6.07 Å². The Hall–Kier alpha value is -4.40. The zero-order valence-corrected chi connectivity index (χ0v) is 18.9. The Morgan fingerprint density at radius 2 is 1.50 bits per heavy atom. The highest BCUT2D eigenvalue weighted by Gasteiger charge is 2.34. The van der Waals surface area contributed by atoms with E-state index in [0.717, 1.165) is 25.0 Å². The summed E-state index contributed by atoms with van der Waals surface area (Å²) in [5.41, 5.74) is 1.81. The first kappa shape index (κ1) is 23.3. The molecule has 9 heteroatoms. The van der Waals surface area contributed by atoms with E-state index in [1.165, 1.54) is 23.0 Å². The molecule has 0 radical (unpaired) electrons. The van der Waals surface area contributed by atoms with Crippen LogP contribution in [0.2, 0.25) is 0 Å². The van der Waals surface area contributed by atoms with Crippen LogP contribution in [0.3, 0.4) is 0 Å². The quantitative estimate of drug-likeness (QED) is 0.334. The normalized spacial score (nSPS) is 13.3. The fourth-order valence-corrected chi connectivity index (χ4v) is 3.97. The van der Waals surface area contributed by atoms with Crippen LogP contribution in [0, 0.1) is 0 Å². The number of carbonyl (C=O) groups is 2. The summed E-state index contributed by atoms with van der Waals surface area (Å²) in [4.78, 5) is 25.6. The molecule has 4 aromatic rings. The van der Waals surface area contributed by atoms with Gasteiger partial charge in [0.25, 0.3) is 11.8 Å². The first-order valence-electron chi connectivity index (χ1n) is 11.3. The van der Waals surface area contributed by atoms with Crippen LogP contribution in [0.1, 0.15) is 50.7 Å². The molecule has 0 atom stereocenters. The maximum Gasteiger partial charge on any atom is 0.416 e. The van der Waals surface area contributed by atoms with E-state index < -0.39 is 17.6 Å². The lowest BCUT2D eigenvalue weighted by molar-refractivity contribution is -0.137. The number of anilines is 2. The third-order valence-corrected chi connectivity index (χ3v) is 5.85. The highest BCUT2D eigenvalue weighted by molar-refractivity contribution is 6.07. The van der Waals surface area contributed by atoms with Crippen LogP contribution >= 0.6 is 0 Å². The SMILES string of the molecule is O=C(Nc1cccc(NC(=O)c2cnn(-c3cccc(C(F)(F)F)c3)c2C2CC2)c1)c1ccccc1. The van der Waals surface area contributed by atoms with Crippen molar-refractivity contribution in [3.05, 3.63) is 107 Å². The van der Waals surface area contributed by atoms with Crippen molar-refractivity contribution >= 4 is 23.2 Å². The van der Waals surface area contributed by atoms with Gasteiger partial charge in [-0.15, -0.1) is 0 Å². The summed E-state index contributed by atoms with van der Waals surface area (Å²) in [6.07, 6.45) is -1.45. The summed E-state index contributed by atoms with van der Waals surface area (Å²) < 4.78 is 41.1. The number of benzene rings is 3. The maximum atomic E-state index is 13.2. The van der Waals surface area contributed by atoms with Crippen LogP contribution in [0.15, 0.2) is 85.1 Å². The molecule has 36 heavy (non-hydrogen) atoms. The van der Waals surface area contributed by atoms with Gasteiger partial charge >= 0.3 is 6.18 Å². The number of alkyl halides is 3. The molecule has 0 saturated heterocycles. The molecule has 1 aliphatic rings. The van der Waals surface area contributed by atoms with Gasteiger partial charge in [0.2, 0.25) is 0 Å². The number of hydrogen-bond donors (Lipinski definition) is 2. The number of carbonyl (C=O) groups excluding carboxylic acids is 2. The van der Waals surface area contributed by atoms with Crippen LogP contribution in [0.4, 0.5) is 24.5 Å². The highest BCUT2D eigenvalue weighted by atomic mass is 19.4. The van der Waals surface area contributed by atoms with Gasteiger partial charge in [-0.05, 0) is 61.4 Å². The van der Waals surface area contributed by atoms with Gasteiger partial charge in [0, 0.05) is 22.9 Å². The molecule has 5 rings (SSSR count). The molecule has 3 aromatic carbocycles. The second-order valence-electron chi connectivity index (χ2n) is 8.53. The number of hydrogen-bond acceptors (Lipinski definition) is 3. The third kappa shape index (κ3) is 5.00. The summed E-state index contributed by atoms with van der Waals surface area (Å²) in [7, 11) is 0. The van der Waals surface area contributed by atoms with E-state index in [9.17, 15) is 22.8 Å². The van der Waals surface area contributed by atoms with Crippen molar-refractivity contribution in [1.29, 1.82) is 0 Å². The van der Waals surface area contributed by atoms with Crippen molar-refractivity contribution < 1.29 is 22.8 Å². The summed E-state index contributed by atoms with van der Waals surface area (Å²) in [5.74, 6) is -0.668. The van der Waals surface area contributed by atoms with E-state index in [1.54, 1.807) is 48.5 Å². The van der Waals surface area contributed by atoms with Gasteiger partial charge in [-0.1, -0.05) is 30.3 Å². The summed E-state index contributed by atoms with van der Waals surface area (Å²) >= 11 is 0. The number of nitrogens with one attached hydrogen (secondary N) is 2. The molecular weight excluding hydrogens is 469 g/mol. The fourth-order valence-electron chi connectivity index (χ4n) is 3.97. The largest absolute Gasteiger partial charge is 0.416 e. The van der Waals surface area contributed by atoms with Crippen molar-refractivity contribution in [1.82, 2.24) is 9.78 Å². The molecule has 0 spiro atoms. The number of rotatable bonds is 6. The van der Waals surface area contributed by atoms with Gasteiger partial charge in [0.05, 0.1) is 28.7 Å². The van der Waals surface area contributed by atoms with E-state index in [0.29, 0.717) is 28.2 Å². The predicted molar refractivity (Wildman–Crippen MR) is 129 cm³/mol. The second-order valence-corrected chi connectivity index (χ2v) is 8.53. The third-order valence-electron chi connectivity index (χ3n) is 5.85. The smallest absolute Gasteiger partial charge is 0.322 e. The molecule has 0 bridgehead atoms. The van der Waals surface area contributed by atoms with Crippen LogP contribution < -0.4 is 10.6 Å². The van der Waals surface area contributed by atoms with E-state index >= 15 is 0 Å². The lowest BCUT2D eigenvalue weighted by atomic mass is 10.1. The summed E-state index contributed by atoms with van der Waals surface area (Å²) in [6.45, 7) is 0. The summed E-state index contributed by atoms with van der Waals surface area (Å²) in [6, 6.07) is 20.4. The number of nitrogens with zero attached hydrogens (tertiary/aromatic N) is 2. The molecule has 2 amide bonds. The minimum Gasteiger partial charge on any atom is -0.322 e. The van der Waals surface area contributed by atoms with Crippen molar-refractivity contribution in [2.75, 3.05) is 10.6 Å². The Morgan fingerprint density at radius 3 is 2.17 bits per heavy atom. The average Bonchev–Trinajstić information content (AvgIpc) is 3.61. The first-order valence-corrected chi connectivity index (χ1v) is 11.3. The van der Waals surface area contributed by atoms with Crippen LogP contribution in [-0.2, 0) is 6.18 Å². The van der Waals surface area contributed by atoms with Crippen molar-refractivity contribution in [2.45, 2.75) is 24.9 Å². The molecular formula is C27H21F3N4O2. The Balaban J connectivity index is 1.38. The Labute approximate surface area is 204 Å². The van der Waals surface area contributed by atoms with Crippen LogP contribution in [0.5, 0.6) is 0 Å². The van der Waals surface area contributed by atoms with Gasteiger partial charge in [-0.3, -0.25) is 9.59 Å². The predicted octanol–water partition coefficient (Wildman–Crippen LogP) is 6.27. The lowest BCUT2D eigenvalue weighted by Crippen LogP contribution is -2.15. The van der Waals surface area contributed by atoms with Crippen LogP contribution in [0.25, 0.3) is 5.69 Å². The zero-order chi connectivity index (χ0) is 25.3. The number of halogens is 3. The van der Waals surface area contributed by atoms with E-state index in [2.05, 4.69) is 15.7 Å². The molecule has 1 aliphatic carbocycles. The van der Waals surface area contributed by atoms with E-state index in [-0.39, 0.29) is 17.5 Å². The molecule has 0 unspecified atom stereocenters. The van der Waals surface area contributed by atoms with Gasteiger partial charge in [0.15, 0.2) is 0 Å². The molecule has 1 heterocycles. The van der Waals surface area contributed by atoms with Crippen LogP contribution in [-0.4, -0.2) is 21.6 Å². The van der Waals surface area contributed by atoms with Gasteiger partial charge in [-0.2, -0.15) is 18.3 Å². The molecule has 2 N–H and O–H groups in total. The first-order chi connectivity index (χ1) is 17.3. The van der Waals surface area contributed by atoms with Gasteiger partial charge in [-0.25, -0.2) is 4.68 Å². The van der Waals surface area contributed by atoms with Crippen molar-refractivity contribution in [3.8, 4) is 5.69 Å². The average molecular weight is 490 g/mol. The van der Waals surface area contributed by atoms with Gasteiger partial charge < -0.3 is 10.6 Å². The van der Waals surface area contributed by atoms with Crippen molar-refractivity contribution in [3.63, 3.8) is 0 Å². The molecule has 1 fully saturated rings. The number of aromatic nitrogens is 2. The minimum atomic E-state index is -4.48. The Kier molecular flexibility index (Phi) is 6.05. The standard InChI is InChI=1S/C27H21F3N4O2/c28-27(29,30)19-8-4-11-22(14-19)34-24(17-12-13-17)23(16-31-34)26(36)33-21-10-5-9-20(15-21)32-25(35)18-6-2-1-3-7-18/h1-11,14-17H,12-13H2,(H,32,35)(H,33,36). The number of amides is 2.